The third-order valence-electron chi connectivity index (χ3n) is 2.94. The Balaban J connectivity index is 2.01. The van der Waals surface area contributed by atoms with E-state index in [1.807, 2.05) is 56.6 Å². The van der Waals surface area contributed by atoms with E-state index in [1.54, 1.807) is 0 Å². The van der Waals surface area contributed by atoms with Crippen molar-refractivity contribution in [2.45, 2.75) is 20.4 Å². The van der Waals surface area contributed by atoms with Crippen molar-refractivity contribution in [3.63, 3.8) is 0 Å². The lowest BCUT2D eigenvalue weighted by Crippen LogP contribution is -2.29. The van der Waals surface area contributed by atoms with Crippen LogP contribution in [0.1, 0.15) is 19.4 Å². The van der Waals surface area contributed by atoms with Crippen LogP contribution in [0, 0.1) is 5.92 Å². The molecule has 1 aromatic heterocycles. The predicted octanol–water partition coefficient (Wildman–Crippen LogP) is 2.24. The van der Waals surface area contributed by atoms with Gasteiger partial charge in [-0.2, -0.15) is 4.57 Å². The average molecular weight is 255 g/mol. The topological polar surface area (TPSA) is 33.0 Å². The van der Waals surface area contributed by atoms with Gasteiger partial charge in [-0.25, -0.2) is 0 Å². The molecule has 19 heavy (non-hydrogen) atoms. The molecular weight excluding hydrogens is 236 g/mol. The van der Waals surface area contributed by atoms with Gasteiger partial charge in [0.1, 0.15) is 0 Å². The van der Waals surface area contributed by atoms with Crippen LogP contribution in [0.4, 0.5) is 0 Å². The molecule has 0 radical (unpaired) electrons. The molecule has 1 N–H and O–H groups in total. The van der Waals surface area contributed by atoms with E-state index in [-0.39, 0.29) is 11.8 Å². The van der Waals surface area contributed by atoms with Crippen LogP contribution < -0.4 is 9.88 Å². The number of nitrogens with one attached hydrogen (secondary N) is 1. The minimum absolute atomic E-state index is 0.0270. The van der Waals surface area contributed by atoms with Crippen LogP contribution in [0.3, 0.4) is 0 Å². The van der Waals surface area contributed by atoms with Gasteiger partial charge in [0.15, 0.2) is 12.4 Å². The number of carbonyl (C=O) groups is 1. The molecule has 0 saturated heterocycles. The number of nitrogens with zero attached hydrogens (tertiary/aromatic N) is 1. The smallest absolute Gasteiger partial charge is 0.222 e. The first kappa shape index (κ1) is 13.3. The van der Waals surface area contributed by atoms with Gasteiger partial charge < -0.3 is 5.32 Å². The Bertz CT molecular complexity index is 532. The van der Waals surface area contributed by atoms with Crippen LogP contribution in [-0.2, 0) is 11.3 Å². The first-order valence-electron chi connectivity index (χ1n) is 6.50. The van der Waals surface area contributed by atoms with Gasteiger partial charge in [-0.05, 0) is 5.56 Å². The SMILES string of the molecule is CC(C)C(=O)NCc1ccc(-[n+]2ccccc2)cc1. The van der Waals surface area contributed by atoms with Gasteiger partial charge in [0, 0.05) is 36.7 Å². The summed E-state index contributed by atoms with van der Waals surface area (Å²) in [7, 11) is 0. The summed E-state index contributed by atoms with van der Waals surface area (Å²) >= 11 is 0. The van der Waals surface area contributed by atoms with Crippen molar-refractivity contribution >= 4 is 5.91 Å². The van der Waals surface area contributed by atoms with Gasteiger partial charge in [0.25, 0.3) is 0 Å². The Morgan fingerprint density at radius 1 is 1.11 bits per heavy atom. The lowest BCUT2D eigenvalue weighted by molar-refractivity contribution is -0.595. The number of pyridine rings is 1. The second kappa shape index (κ2) is 6.14. The number of benzene rings is 1. The minimum Gasteiger partial charge on any atom is -0.352 e. The van der Waals surface area contributed by atoms with E-state index >= 15 is 0 Å². The Morgan fingerprint density at radius 2 is 1.74 bits per heavy atom. The molecule has 1 amide bonds. The summed E-state index contributed by atoms with van der Waals surface area (Å²) in [5.41, 5.74) is 2.22. The van der Waals surface area contributed by atoms with E-state index in [1.165, 1.54) is 0 Å². The highest BCUT2D eigenvalue weighted by molar-refractivity contribution is 5.77. The zero-order valence-electron chi connectivity index (χ0n) is 11.3. The van der Waals surface area contributed by atoms with Gasteiger partial charge in [0.2, 0.25) is 11.6 Å². The fraction of sp³-hybridized carbons (Fsp3) is 0.250. The maximum Gasteiger partial charge on any atom is 0.222 e. The van der Waals surface area contributed by atoms with E-state index in [0.29, 0.717) is 6.54 Å². The Kier molecular flexibility index (Phi) is 4.29. The second-order valence-electron chi connectivity index (χ2n) is 4.82. The Morgan fingerprint density at radius 3 is 2.32 bits per heavy atom. The van der Waals surface area contributed by atoms with Gasteiger partial charge in [-0.3, -0.25) is 4.79 Å². The Hall–Kier alpha value is -2.16. The maximum atomic E-state index is 11.5. The molecule has 0 spiro atoms. The van der Waals surface area contributed by atoms with Crippen molar-refractivity contribution < 1.29 is 9.36 Å². The first-order valence-corrected chi connectivity index (χ1v) is 6.50. The summed E-state index contributed by atoms with van der Waals surface area (Å²) in [6, 6.07) is 14.2. The first-order chi connectivity index (χ1) is 9.16. The van der Waals surface area contributed by atoms with Crippen molar-refractivity contribution in [1.29, 1.82) is 0 Å². The molecule has 0 aliphatic rings. The fourth-order valence-electron chi connectivity index (χ4n) is 1.75. The van der Waals surface area contributed by atoms with Crippen molar-refractivity contribution in [3.05, 3.63) is 60.4 Å². The van der Waals surface area contributed by atoms with E-state index in [4.69, 9.17) is 0 Å². The molecule has 3 heteroatoms. The molecule has 3 nitrogen and oxygen atoms in total. The van der Waals surface area contributed by atoms with Crippen LogP contribution in [-0.4, -0.2) is 5.91 Å². The third-order valence-corrected chi connectivity index (χ3v) is 2.94. The van der Waals surface area contributed by atoms with Gasteiger partial charge in [-0.15, -0.1) is 0 Å². The summed E-state index contributed by atoms with van der Waals surface area (Å²) in [5.74, 6) is 0.112. The lowest BCUT2D eigenvalue weighted by atomic mass is 10.1. The molecule has 0 unspecified atom stereocenters. The van der Waals surface area contributed by atoms with E-state index in [0.717, 1.165) is 11.3 Å². The molecule has 2 aromatic rings. The number of carbonyl (C=O) groups excluding carboxylic acids is 1. The normalized spacial score (nSPS) is 10.5. The summed E-state index contributed by atoms with van der Waals surface area (Å²) in [6.45, 7) is 4.37. The molecule has 1 heterocycles. The van der Waals surface area contributed by atoms with Crippen molar-refractivity contribution in [1.82, 2.24) is 5.32 Å². The summed E-state index contributed by atoms with van der Waals surface area (Å²) < 4.78 is 2.05. The molecule has 0 aliphatic carbocycles. The average Bonchev–Trinajstić information content (AvgIpc) is 2.46. The molecule has 0 fully saturated rings. The molecule has 0 atom stereocenters. The monoisotopic (exact) mass is 255 g/mol. The van der Waals surface area contributed by atoms with Crippen LogP contribution in [0.25, 0.3) is 5.69 Å². The number of hydrogen-bond acceptors (Lipinski definition) is 1. The fourth-order valence-corrected chi connectivity index (χ4v) is 1.75. The van der Waals surface area contributed by atoms with Gasteiger partial charge >= 0.3 is 0 Å². The quantitative estimate of drug-likeness (QED) is 0.835. The van der Waals surface area contributed by atoms with Crippen LogP contribution in [0.15, 0.2) is 54.9 Å². The molecule has 0 aliphatic heterocycles. The van der Waals surface area contributed by atoms with Crippen LogP contribution in [0.2, 0.25) is 0 Å². The molecule has 0 bridgehead atoms. The van der Waals surface area contributed by atoms with Gasteiger partial charge in [0.05, 0.1) is 0 Å². The summed E-state index contributed by atoms with van der Waals surface area (Å²) in [5, 5.41) is 2.91. The van der Waals surface area contributed by atoms with Crippen LogP contribution in [0.5, 0.6) is 0 Å². The third kappa shape index (κ3) is 3.65. The summed E-state index contributed by atoms with van der Waals surface area (Å²) in [4.78, 5) is 11.5. The standard InChI is InChI=1S/C16H18N2O/c1-13(2)16(19)17-12-14-6-8-15(9-7-14)18-10-4-3-5-11-18/h3-11,13H,12H2,1-2H3/p+1. The Labute approximate surface area is 113 Å². The molecule has 2 rings (SSSR count). The van der Waals surface area contributed by atoms with Gasteiger partial charge in [-0.1, -0.05) is 32.0 Å². The largest absolute Gasteiger partial charge is 0.352 e. The zero-order valence-corrected chi connectivity index (χ0v) is 11.3. The van der Waals surface area contributed by atoms with E-state index in [2.05, 4.69) is 22.0 Å². The highest BCUT2D eigenvalue weighted by Gasteiger charge is 2.07. The van der Waals surface area contributed by atoms with E-state index < -0.39 is 0 Å². The molecule has 98 valence electrons. The van der Waals surface area contributed by atoms with E-state index in [9.17, 15) is 4.79 Å². The highest BCUT2D eigenvalue weighted by atomic mass is 16.1. The minimum atomic E-state index is 0.0270. The number of hydrogen-bond donors (Lipinski definition) is 1. The number of rotatable bonds is 4. The van der Waals surface area contributed by atoms with Crippen LogP contribution >= 0.6 is 0 Å². The zero-order chi connectivity index (χ0) is 13.7. The lowest BCUT2D eigenvalue weighted by Gasteiger charge is -2.07. The maximum absolute atomic E-state index is 11.5. The summed E-state index contributed by atoms with van der Waals surface area (Å²) in [6.07, 6.45) is 4.02. The predicted molar refractivity (Wildman–Crippen MR) is 74.7 cm³/mol. The number of aromatic nitrogens is 1. The number of amides is 1. The highest BCUT2D eigenvalue weighted by Crippen LogP contribution is 2.04. The van der Waals surface area contributed by atoms with Crippen molar-refractivity contribution in [2.24, 2.45) is 5.92 Å². The molecule has 1 aromatic carbocycles. The van der Waals surface area contributed by atoms with Crippen molar-refractivity contribution in [2.75, 3.05) is 0 Å². The molecule has 0 saturated carbocycles. The second-order valence-corrected chi connectivity index (χ2v) is 4.82. The van der Waals surface area contributed by atoms with Crippen molar-refractivity contribution in [3.8, 4) is 5.69 Å². The molecular formula is C16H19N2O+.